The highest BCUT2D eigenvalue weighted by Crippen LogP contribution is 2.40. The molecule has 0 fully saturated rings. The van der Waals surface area contributed by atoms with Gasteiger partial charge in [0.15, 0.2) is 17.3 Å². The van der Waals surface area contributed by atoms with Crippen LogP contribution in [-0.2, 0) is 9.59 Å². The number of para-hydroxylation sites is 1. The SMILES string of the molecule is CC(=O)O.COc1cc(-c2nc3sc(=C4C(=O)N(C)c5ccccc54)c(=O)n3n2)cc(OC)c1OC. The number of fused-ring (bicyclic) bond motifs is 2. The molecule has 1 amide bonds. The number of nitrogens with zero attached hydrogens (tertiary/aromatic N) is 4. The monoisotopic (exact) mass is 510 g/mol. The number of carbonyl (C=O) groups excluding carboxylic acids is 1. The first-order valence-electron chi connectivity index (χ1n) is 10.5. The highest BCUT2D eigenvalue weighted by Gasteiger charge is 2.32. The molecule has 36 heavy (non-hydrogen) atoms. The third-order valence-electron chi connectivity index (χ3n) is 5.36. The van der Waals surface area contributed by atoms with Crippen LogP contribution in [0.15, 0.2) is 41.2 Å². The van der Waals surface area contributed by atoms with Gasteiger partial charge in [0.05, 0.1) is 32.6 Å². The molecule has 186 valence electrons. The fraction of sp³-hybridized carbons (Fsp3) is 0.208. The molecule has 1 aliphatic heterocycles. The Balaban J connectivity index is 0.000000709. The van der Waals surface area contributed by atoms with Gasteiger partial charge in [-0.05, 0) is 18.2 Å². The van der Waals surface area contributed by atoms with Crippen molar-refractivity contribution in [3.8, 4) is 28.6 Å². The standard InChI is InChI=1S/C22H18N4O5S.C2H4O2/c1-25-13-8-6-5-7-12(13)16(20(25)27)18-21(28)26-22(32-18)23-19(24-26)11-9-14(29-2)17(31-4)15(10-11)30-3;1-2(3)4/h5-10H,1-4H3;1H3,(H,3,4). The molecule has 1 N–H and O–H groups in total. The maximum absolute atomic E-state index is 13.2. The van der Waals surface area contributed by atoms with E-state index in [-0.39, 0.29) is 11.5 Å². The van der Waals surface area contributed by atoms with E-state index in [4.69, 9.17) is 24.1 Å². The van der Waals surface area contributed by atoms with Crippen LogP contribution in [0.2, 0.25) is 0 Å². The van der Waals surface area contributed by atoms with Crippen LogP contribution in [0.4, 0.5) is 5.69 Å². The molecular weight excluding hydrogens is 488 g/mol. The van der Waals surface area contributed by atoms with Crippen molar-refractivity contribution in [1.82, 2.24) is 14.6 Å². The predicted octanol–water partition coefficient (Wildman–Crippen LogP) is 1.83. The summed E-state index contributed by atoms with van der Waals surface area (Å²) in [4.78, 5) is 41.5. The second-order valence-corrected chi connectivity index (χ2v) is 8.53. The Labute approximate surface area is 208 Å². The van der Waals surface area contributed by atoms with Crippen molar-refractivity contribution in [2.24, 2.45) is 0 Å². The summed E-state index contributed by atoms with van der Waals surface area (Å²) in [6.45, 7) is 1.08. The summed E-state index contributed by atoms with van der Waals surface area (Å²) >= 11 is 1.14. The number of anilines is 1. The first-order chi connectivity index (χ1) is 17.2. The van der Waals surface area contributed by atoms with E-state index in [1.54, 1.807) is 24.1 Å². The molecule has 2 aromatic heterocycles. The number of hydrogen-bond acceptors (Lipinski definition) is 9. The third kappa shape index (κ3) is 4.11. The Hall–Kier alpha value is -4.45. The summed E-state index contributed by atoms with van der Waals surface area (Å²) in [5.41, 5.74) is 2.09. The fourth-order valence-electron chi connectivity index (χ4n) is 3.81. The molecule has 4 aromatic rings. The van der Waals surface area contributed by atoms with Gasteiger partial charge in [-0.1, -0.05) is 29.5 Å². The van der Waals surface area contributed by atoms with Gasteiger partial charge in [0.1, 0.15) is 4.53 Å². The average molecular weight is 511 g/mol. The largest absolute Gasteiger partial charge is 0.493 e. The number of carboxylic acid groups (broad SMARTS) is 1. The zero-order valence-corrected chi connectivity index (χ0v) is 20.9. The maximum atomic E-state index is 13.2. The molecule has 2 aromatic carbocycles. The smallest absolute Gasteiger partial charge is 0.300 e. The summed E-state index contributed by atoms with van der Waals surface area (Å²) in [6, 6.07) is 10.8. The highest BCUT2D eigenvalue weighted by atomic mass is 32.1. The molecule has 0 bridgehead atoms. The molecule has 1 aliphatic rings. The van der Waals surface area contributed by atoms with E-state index in [1.165, 1.54) is 25.8 Å². The number of hydrogen-bond donors (Lipinski definition) is 1. The third-order valence-corrected chi connectivity index (χ3v) is 6.39. The molecule has 3 heterocycles. The number of thiazole rings is 1. The molecule has 0 saturated carbocycles. The summed E-state index contributed by atoms with van der Waals surface area (Å²) in [7, 11) is 6.26. The first-order valence-corrected chi connectivity index (χ1v) is 11.3. The molecule has 11 nitrogen and oxygen atoms in total. The van der Waals surface area contributed by atoms with Gasteiger partial charge in [0, 0.05) is 25.1 Å². The summed E-state index contributed by atoms with van der Waals surface area (Å²) in [5.74, 6) is 0.632. The molecule has 0 saturated heterocycles. The van der Waals surface area contributed by atoms with Crippen LogP contribution in [0, 0.1) is 0 Å². The van der Waals surface area contributed by atoms with E-state index in [0.717, 1.165) is 29.5 Å². The van der Waals surface area contributed by atoms with Gasteiger partial charge in [-0.2, -0.15) is 9.50 Å². The number of aliphatic carboxylic acids is 1. The summed E-state index contributed by atoms with van der Waals surface area (Å²) < 4.78 is 17.7. The van der Waals surface area contributed by atoms with E-state index in [1.807, 2.05) is 24.3 Å². The zero-order valence-electron chi connectivity index (χ0n) is 20.1. The lowest BCUT2D eigenvalue weighted by molar-refractivity contribution is -0.134. The number of rotatable bonds is 4. The molecule has 0 aliphatic carbocycles. The van der Waals surface area contributed by atoms with Crippen LogP contribution in [-0.4, -0.2) is 60.0 Å². The van der Waals surface area contributed by atoms with Crippen molar-refractivity contribution in [1.29, 1.82) is 0 Å². The number of aromatic nitrogens is 3. The number of ether oxygens (including phenoxy) is 3. The summed E-state index contributed by atoms with van der Waals surface area (Å²) in [6.07, 6.45) is 0. The van der Waals surface area contributed by atoms with Gasteiger partial charge in [-0.15, -0.1) is 5.10 Å². The quantitative estimate of drug-likeness (QED) is 0.437. The number of methoxy groups -OCH3 is 3. The highest BCUT2D eigenvalue weighted by molar-refractivity contribution is 7.15. The second kappa shape index (κ2) is 9.66. The Morgan fingerprint density at radius 2 is 1.64 bits per heavy atom. The Morgan fingerprint density at radius 3 is 2.19 bits per heavy atom. The van der Waals surface area contributed by atoms with Crippen molar-refractivity contribution >= 4 is 39.4 Å². The van der Waals surface area contributed by atoms with Gasteiger partial charge in [-0.3, -0.25) is 14.4 Å². The van der Waals surface area contributed by atoms with E-state index in [0.29, 0.717) is 43.7 Å². The minimum Gasteiger partial charge on any atom is -0.493 e. The average Bonchev–Trinajstić information content (AvgIpc) is 3.49. The molecule has 0 atom stereocenters. The number of carboxylic acids is 1. The van der Waals surface area contributed by atoms with E-state index in [9.17, 15) is 9.59 Å². The minimum absolute atomic E-state index is 0.224. The molecular formula is C24H22N4O7S. The molecule has 0 spiro atoms. The molecule has 5 rings (SSSR count). The van der Waals surface area contributed by atoms with E-state index in [2.05, 4.69) is 10.1 Å². The lowest BCUT2D eigenvalue weighted by Crippen LogP contribution is -2.30. The lowest BCUT2D eigenvalue weighted by Gasteiger charge is -2.12. The van der Waals surface area contributed by atoms with Crippen molar-refractivity contribution in [3.05, 3.63) is 56.8 Å². The zero-order chi connectivity index (χ0) is 26.1. The van der Waals surface area contributed by atoms with Crippen LogP contribution >= 0.6 is 11.3 Å². The van der Waals surface area contributed by atoms with Gasteiger partial charge >= 0.3 is 0 Å². The lowest BCUT2D eigenvalue weighted by atomic mass is 10.1. The number of benzene rings is 2. The van der Waals surface area contributed by atoms with Crippen molar-refractivity contribution in [2.75, 3.05) is 33.3 Å². The number of likely N-dealkylation sites (N-methyl/N-ethyl adjacent to an activating group) is 1. The van der Waals surface area contributed by atoms with E-state index >= 15 is 0 Å². The second-order valence-electron chi connectivity index (χ2n) is 7.56. The topological polar surface area (TPSA) is 133 Å². The van der Waals surface area contributed by atoms with Crippen molar-refractivity contribution < 1.29 is 28.9 Å². The van der Waals surface area contributed by atoms with Gasteiger partial charge in [0.25, 0.3) is 17.4 Å². The van der Waals surface area contributed by atoms with Gasteiger partial charge < -0.3 is 24.2 Å². The number of amides is 1. The Bertz CT molecular complexity index is 1580. The van der Waals surface area contributed by atoms with E-state index < -0.39 is 5.97 Å². The molecule has 12 heteroatoms. The minimum atomic E-state index is -0.833. The predicted molar refractivity (Wildman–Crippen MR) is 133 cm³/mol. The van der Waals surface area contributed by atoms with Gasteiger partial charge in [0.2, 0.25) is 10.7 Å². The maximum Gasteiger partial charge on any atom is 0.300 e. The van der Waals surface area contributed by atoms with Crippen LogP contribution in [0.1, 0.15) is 12.5 Å². The normalized spacial score (nSPS) is 13.8. The Morgan fingerprint density at radius 1 is 1.03 bits per heavy atom. The van der Waals surface area contributed by atoms with Crippen molar-refractivity contribution in [2.45, 2.75) is 6.92 Å². The van der Waals surface area contributed by atoms with Crippen LogP contribution < -0.4 is 29.2 Å². The number of carbonyl (C=O) groups is 2. The van der Waals surface area contributed by atoms with Gasteiger partial charge in [-0.25, -0.2) is 0 Å². The molecule has 0 radical (unpaired) electrons. The van der Waals surface area contributed by atoms with Crippen LogP contribution in [0.5, 0.6) is 17.2 Å². The molecule has 0 unspecified atom stereocenters. The fourth-order valence-corrected chi connectivity index (χ4v) is 4.80. The van der Waals surface area contributed by atoms with Crippen molar-refractivity contribution in [3.63, 3.8) is 0 Å². The first kappa shape index (κ1) is 24.7. The van der Waals surface area contributed by atoms with Crippen LogP contribution in [0.25, 0.3) is 21.9 Å². The summed E-state index contributed by atoms with van der Waals surface area (Å²) in [5, 5.41) is 11.8. The van der Waals surface area contributed by atoms with Crippen LogP contribution in [0.3, 0.4) is 0 Å². The Kier molecular flexibility index (Phi) is 6.62.